The van der Waals surface area contributed by atoms with Crippen molar-refractivity contribution in [2.45, 2.75) is 51.1 Å². The molecule has 0 bridgehead atoms. The first-order valence-corrected chi connectivity index (χ1v) is 26.1. The van der Waals surface area contributed by atoms with Gasteiger partial charge in [0.15, 0.2) is 0 Å². The molecule has 0 saturated heterocycles. The van der Waals surface area contributed by atoms with Gasteiger partial charge in [-0.3, -0.25) is 33.8 Å². The Hall–Kier alpha value is -7.65. The summed E-state index contributed by atoms with van der Waals surface area (Å²) in [6.07, 6.45) is 1.27. The summed E-state index contributed by atoms with van der Waals surface area (Å²) in [6.45, 7) is 2.68. The second kappa shape index (κ2) is 22.7. The molecule has 392 valence electrons. The number of amides is 6. The number of nitrogens with zero attached hydrogens (tertiary/aromatic N) is 5. The van der Waals surface area contributed by atoms with Crippen molar-refractivity contribution in [2.75, 3.05) is 67.5 Å². The number of hydrogen-bond acceptors (Lipinski definition) is 12. The standard InChI is InChI=1S/C56H56Br2N10O8/c1-31(59-3)51(69)63-43-29-67(47-13-9-7-11-45(47)65(55(43)73)27-39-37-19-17-35(57)23-33(37)15-21-49(39)75-5)53(71)41-25-62-42(26-61-41)54(72)68-30-44(64-52(70)32(2)60-4)56(74)66(46-12-8-10-14-48(46)68)28-40-38-20-18-36(58)24-34(38)16-22-50(40)76-6/h7-25,31-32,43-44,59-61H,26-30H2,1-6H3,(H,63,69)(H,64,70)/t31-,32-,43?,44?/m0/s1. The molecule has 3 aliphatic rings. The van der Waals surface area contributed by atoms with E-state index in [0.717, 1.165) is 41.6 Å². The molecule has 20 heteroatoms. The number of carbonyl (C=O) groups excluding carboxylic acids is 6. The van der Waals surface area contributed by atoms with Crippen molar-refractivity contribution in [3.63, 3.8) is 0 Å². The number of anilines is 4. The van der Waals surface area contributed by atoms with Crippen molar-refractivity contribution in [1.82, 2.24) is 26.6 Å². The Morgan fingerprint density at radius 2 is 1.07 bits per heavy atom. The van der Waals surface area contributed by atoms with Crippen molar-refractivity contribution < 1.29 is 38.2 Å². The van der Waals surface area contributed by atoms with Crippen LogP contribution < -0.4 is 55.7 Å². The number of methoxy groups -OCH3 is 2. The number of likely N-dealkylation sites (N-methyl/N-ethyl adjacent to an activating group) is 2. The fourth-order valence-electron chi connectivity index (χ4n) is 9.64. The SMILES string of the molecule is CN[C@@H](C)C(=O)NC1CN(C(=O)C2=CN=C(C(=O)N3CC(NC(=O)[C@H](C)NC)C(=O)N(Cc4c(OC)ccc5cc(Br)ccc45)c4ccccc43)CN2)c2ccccc2N(Cc2c(OC)ccc3cc(Br)ccc23)C1=O. The lowest BCUT2D eigenvalue weighted by atomic mass is 10.0. The first-order valence-electron chi connectivity index (χ1n) is 24.5. The van der Waals surface area contributed by atoms with Crippen LogP contribution >= 0.6 is 31.9 Å². The molecule has 3 heterocycles. The summed E-state index contributed by atoms with van der Waals surface area (Å²) >= 11 is 7.13. The molecular formula is C56H56Br2N10O8. The van der Waals surface area contributed by atoms with Crippen molar-refractivity contribution in [1.29, 1.82) is 0 Å². The Kier molecular flexibility index (Phi) is 15.9. The largest absolute Gasteiger partial charge is 0.496 e. The van der Waals surface area contributed by atoms with Crippen molar-refractivity contribution >= 4 is 117 Å². The van der Waals surface area contributed by atoms with E-state index >= 15 is 0 Å². The van der Waals surface area contributed by atoms with Gasteiger partial charge in [-0.05, 0) is 110 Å². The smallest absolute Gasteiger partial charge is 0.276 e. The molecule has 0 aromatic heterocycles. The van der Waals surface area contributed by atoms with Crippen LogP contribution in [0.1, 0.15) is 25.0 Å². The highest BCUT2D eigenvalue weighted by atomic mass is 79.9. The topological polar surface area (TPSA) is 206 Å². The average molecular weight is 1160 g/mol. The molecule has 76 heavy (non-hydrogen) atoms. The predicted molar refractivity (Wildman–Crippen MR) is 301 cm³/mol. The van der Waals surface area contributed by atoms with E-state index in [1.165, 1.54) is 16.0 Å². The molecule has 3 aliphatic heterocycles. The second-order valence-corrected chi connectivity index (χ2v) is 20.3. The Labute approximate surface area is 456 Å². The fourth-order valence-corrected chi connectivity index (χ4v) is 10.4. The molecule has 0 spiro atoms. The van der Waals surface area contributed by atoms with Crippen molar-refractivity contribution in [3.8, 4) is 11.5 Å². The van der Waals surface area contributed by atoms with Gasteiger partial charge in [0, 0.05) is 20.1 Å². The summed E-state index contributed by atoms with van der Waals surface area (Å²) in [5, 5.41) is 18.3. The summed E-state index contributed by atoms with van der Waals surface area (Å²) in [7, 11) is 6.39. The Bertz CT molecular complexity index is 3170. The molecule has 9 rings (SSSR count). The van der Waals surface area contributed by atoms with E-state index in [-0.39, 0.29) is 44.1 Å². The summed E-state index contributed by atoms with van der Waals surface area (Å²) in [5.74, 6) is -1.87. The second-order valence-electron chi connectivity index (χ2n) is 18.5. The van der Waals surface area contributed by atoms with Crippen LogP contribution in [0.4, 0.5) is 22.7 Å². The van der Waals surface area contributed by atoms with Gasteiger partial charge < -0.3 is 55.7 Å². The normalized spacial score (nSPS) is 17.3. The van der Waals surface area contributed by atoms with Crippen LogP contribution in [0, 0.1) is 0 Å². The number of fused-ring (bicyclic) bond motifs is 4. The molecule has 6 amide bonds. The summed E-state index contributed by atoms with van der Waals surface area (Å²) in [5.41, 5.74) is 3.07. The number of benzene rings is 6. The summed E-state index contributed by atoms with van der Waals surface area (Å²) in [4.78, 5) is 97.7. The lowest BCUT2D eigenvalue weighted by Gasteiger charge is -2.29. The molecule has 0 aliphatic carbocycles. The van der Waals surface area contributed by atoms with Crippen molar-refractivity contribution in [2.24, 2.45) is 4.99 Å². The summed E-state index contributed by atoms with van der Waals surface area (Å²) in [6, 6.07) is 29.5. The van der Waals surface area contributed by atoms with Crippen LogP contribution in [0.3, 0.4) is 0 Å². The van der Waals surface area contributed by atoms with Gasteiger partial charge in [-0.25, -0.2) is 0 Å². The molecule has 0 saturated carbocycles. The van der Waals surface area contributed by atoms with E-state index in [2.05, 4.69) is 63.4 Å². The highest BCUT2D eigenvalue weighted by molar-refractivity contribution is 9.10. The van der Waals surface area contributed by atoms with Crippen LogP contribution in [0.2, 0.25) is 0 Å². The maximum absolute atomic E-state index is 15.0. The molecule has 0 radical (unpaired) electrons. The zero-order chi connectivity index (χ0) is 53.9. The number of para-hydroxylation sites is 4. The van der Waals surface area contributed by atoms with Gasteiger partial charge in [-0.15, -0.1) is 0 Å². The Morgan fingerprint density at radius 1 is 0.632 bits per heavy atom. The van der Waals surface area contributed by atoms with E-state index in [1.807, 2.05) is 60.7 Å². The third-order valence-electron chi connectivity index (χ3n) is 14.0. The molecule has 6 aromatic rings. The lowest BCUT2D eigenvalue weighted by molar-refractivity contribution is -0.128. The van der Waals surface area contributed by atoms with Gasteiger partial charge in [0.25, 0.3) is 23.6 Å². The molecule has 18 nitrogen and oxygen atoms in total. The van der Waals surface area contributed by atoms with Gasteiger partial charge in [0.05, 0.1) is 88.0 Å². The van der Waals surface area contributed by atoms with Gasteiger partial charge in [0.1, 0.15) is 35.0 Å². The van der Waals surface area contributed by atoms with E-state index in [0.29, 0.717) is 34.2 Å². The van der Waals surface area contributed by atoms with Crippen molar-refractivity contribution in [3.05, 3.63) is 141 Å². The van der Waals surface area contributed by atoms with Crippen LogP contribution in [-0.4, -0.2) is 113 Å². The molecule has 2 unspecified atom stereocenters. The van der Waals surface area contributed by atoms with E-state index in [1.54, 1.807) is 100 Å². The number of nitrogens with one attached hydrogen (secondary N) is 5. The maximum Gasteiger partial charge on any atom is 0.276 e. The zero-order valence-electron chi connectivity index (χ0n) is 42.6. The maximum atomic E-state index is 15.0. The van der Waals surface area contributed by atoms with Crippen LogP contribution in [-0.2, 0) is 41.9 Å². The van der Waals surface area contributed by atoms with E-state index in [9.17, 15) is 28.8 Å². The third kappa shape index (κ3) is 10.5. The highest BCUT2D eigenvalue weighted by Crippen LogP contribution is 2.40. The van der Waals surface area contributed by atoms with Gasteiger partial charge in [0.2, 0.25) is 11.8 Å². The van der Waals surface area contributed by atoms with E-state index in [4.69, 9.17) is 9.47 Å². The number of ether oxygens (including phenoxy) is 2. The Morgan fingerprint density at radius 3 is 1.47 bits per heavy atom. The third-order valence-corrected chi connectivity index (χ3v) is 15.0. The Balaban J connectivity index is 1.07. The first-order chi connectivity index (χ1) is 36.6. The minimum absolute atomic E-state index is 0.0158. The van der Waals surface area contributed by atoms with Crippen LogP contribution in [0.25, 0.3) is 21.5 Å². The molecule has 4 atom stereocenters. The van der Waals surface area contributed by atoms with Gasteiger partial charge in [-0.1, -0.05) is 80.4 Å². The molecule has 5 N–H and O–H groups in total. The number of aliphatic imine (C=N–C) groups is 1. The number of rotatable bonds is 14. The van der Waals surface area contributed by atoms with Crippen LogP contribution in [0.5, 0.6) is 11.5 Å². The lowest BCUT2D eigenvalue weighted by Crippen LogP contribution is -2.57. The highest BCUT2D eigenvalue weighted by Gasteiger charge is 2.41. The minimum atomic E-state index is -1.21. The number of hydrogen-bond donors (Lipinski definition) is 5. The molecular weight excluding hydrogens is 1100 g/mol. The predicted octanol–water partition coefficient (Wildman–Crippen LogP) is 6.07. The number of carbonyl (C=O) groups is 6. The monoisotopic (exact) mass is 1150 g/mol. The molecule has 0 fully saturated rings. The number of halogens is 2. The minimum Gasteiger partial charge on any atom is -0.496 e. The van der Waals surface area contributed by atoms with Crippen LogP contribution in [0.15, 0.2) is 135 Å². The fraction of sp³-hybridized carbons (Fsp3) is 0.268. The summed E-state index contributed by atoms with van der Waals surface area (Å²) < 4.78 is 13.4. The average Bonchev–Trinajstić information content (AvgIpc) is 3.62. The zero-order valence-corrected chi connectivity index (χ0v) is 45.7. The quantitative estimate of drug-likeness (QED) is 0.0847. The first kappa shape index (κ1) is 53.2. The van der Waals surface area contributed by atoms with Gasteiger partial charge in [-0.2, -0.15) is 0 Å². The molecule has 6 aromatic carbocycles. The van der Waals surface area contributed by atoms with E-state index < -0.39 is 59.6 Å². The van der Waals surface area contributed by atoms with Gasteiger partial charge >= 0.3 is 0 Å².